The number of allylic oxidation sites excluding steroid dienone is 1. The van der Waals surface area contributed by atoms with Crippen molar-refractivity contribution >= 4 is 12.7 Å². The summed E-state index contributed by atoms with van der Waals surface area (Å²) < 4.78 is 0. The molecule has 0 aliphatic rings. The smallest absolute Gasteiger partial charge is 0.126 e. The van der Waals surface area contributed by atoms with Gasteiger partial charge in [-0.25, -0.2) is 9.97 Å². The second-order valence-electron chi connectivity index (χ2n) is 2.62. The normalized spacial score (nSPS) is 11.7. The van der Waals surface area contributed by atoms with E-state index in [0.717, 1.165) is 22.1 Å². The third kappa shape index (κ3) is 1.59. The van der Waals surface area contributed by atoms with Crippen molar-refractivity contribution in [3.8, 4) is 0 Å². The second-order valence-corrected chi connectivity index (χ2v) is 2.62. The molecule has 0 N–H and O–H groups in total. The van der Waals surface area contributed by atoms with E-state index in [1.807, 2.05) is 19.9 Å². The van der Waals surface area contributed by atoms with Gasteiger partial charge in [-0.2, -0.15) is 0 Å². The predicted octanol–water partition coefficient (Wildman–Crippen LogP) is 0.470. The molecule has 0 atom stereocenters. The molecule has 0 bridgehead atoms. The summed E-state index contributed by atoms with van der Waals surface area (Å²) in [5.74, 6) is 0.763. The van der Waals surface area contributed by atoms with Crippen molar-refractivity contribution < 1.29 is 0 Å². The summed E-state index contributed by atoms with van der Waals surface area (Å²) in [5, 5.41) is 1.73. The Kier molecular flexibility index (Phi) is 2.38. The van der Waals surface area contributed by atoms with Gasteiger partial charge in [-0.05, 0) is 13.8 Å². The molecule has 2 nitrogen and oxygen atoms in total. The molecule has 0 fully saturated rings. The third-order valence-electron chi connectivity index (χ3n) is 1.61. The van der Waals surface area contributed by atoms with Gasteiger partial charge in [-0.15, -0.1) is 0 Å². The minimum atomic E-state index is 0.763. The highest BCUT2D eigenvalue weighted by Crippen LogP contribution is 1.81. The Labute approximate surface area is 72.0 Å². The number of hydrogen-bond acceptors (Lipinski definition) is 2. The summed E-state index contributed by atoms with van der Waals surface area (Å²) >= 11 is 0. The van der Waals surface area contributed by atoms with Crippen LogP contribution in [0.1, 0.15) is 11.5 Å². The number of rotatable bonds is 1. The van der Waals surface area contributed by atoms with E-state index in [1.165, 1.54) is 0 Å². The monoisotopic (exact) mass is 160 g/mol. The van der Waals surface area contributed by atoms with E-state index in [4.69, 9.17) is 0 Å². The van der Waals surface area contributed by atoms with Crippen LogP contribution < -0.4 is 10.6 Å². The molecule has 0 aliphatic carbocycles. The SMILES string of the molecule is C=C/C=c1/c(C)nc(C)nc1=C. The maximum Gasteiger partial charge on any atom is 0.126 e. The van der Waals surface area contributed by atoms with E-state index in [-0.39, 0.29) is 0 Å². The zero-order valence-electron chi connectivity index (χ0n) is 7.46. The highest BCUT2D eigenvalue weighted by Gasteiger charge is 1.93. The molecule has 1 heterocycles. The number of aryl methyl sites for hydroxylation is 2. The standard InChI is InChI=1S/C10H12N2/c1-5-6-10-7(2)11-9(4)12-8(10)3/h5-6H,1-2H2,3-4H3/b10-6+. The maximum atomic E-state index is 4.22. The Morgan fingerprint density at radius 2 is 1.92 bits per heavy atom. The fourth-order valence-electron chi connectivity index (χ4n) is 1.13. The van der Waals surface area contributed by atoms with Gasteiger partial charge in [0.15, 0.2) is 0 Å². The van der Waals surface area contributed by atoms with Crippen LogP contribution in [-0.4, -0.2) is 9.97 Å². The van der Waals surface area contributed by atoms with Gasteiger partial charge in [0.05, 0.1) is 5.35 Å². The van der Waals surface area contributed by atoms with Gasteiger partial charge >= 0.3 is 0 Å². The van der Waals surface area contributed by atoms with Crippen LogP contribution in [0.5, 0.6) is 0 Å². The van der Waals surface area contributed by atoms with E-state index in [0.29, 0.717) is 0 Å². The zero-order chi connectivity index (χ0) is 9.14. The van der Waals surface area contributed by atoms with E-state index in [1.54, 1.807) is 6.08 Å². The molecule has 1 rings (SSSR count). The van der Waals surface area contributed by atoms with Crippen LogP contribution in [0, 0.1) is 13.8 Å². The lowest BCUT2D eigenvalue weighted by molar-refractivity contribution is 0.969. The molecule has 0 saturated carbocycles. The van der Waals surface area contributed by atoms with E-state index in [2.05, 4.69) is 23.1 Å². The molecule has 12 heavy (non-hydrogen) atoms. The molecule has 0 spiro atoms. The summed E-state index contributed by atoms with van der Waals surface area (Å²) in [7, 11) is 0. The van der Waals surface area contributed by atoms with E-state index < -0.39 is 0 Å². The third-order valence-corrected chi connectivity index (χ3v) is 1.61. The lowest BCUT2D eigenvalue weighted by Gasteiger charge is -1.95. The fraction of sp³-hybridized carbons (Fsp3) is 0.200. The lowest BCUT2D eigenvalue weighted by atomic mass is 10.3. The fourth-order valence-corrected chi connectivity index (χ4v) is 1.13. The van der Waals surface area contributed by atoms with Gasteiger partial charge in [0.2, 0.25) is 0 Å². The minimum absolute atomic E-state index is 0.763. The Hall–Kier alpha value is -1.44. The molecular weight excluding hydrogens is 148 g/mol. The lowest BCUT2D eigenvalue weighted by Crippen LogP contribution is -2.31. The topological polar surface area (TPSA) is 25.8 Å². The highest BCUT2D eigenvalue weighted by atomic mass is 14.9. The van der Waals surface area contributed by atoms with Crippen molar-refractivity contribution in [3.63, 3.8) is 0 Å². The van der Waals surface area contributed by atoms with Crippen LogP contribution >= 0.6 is 0 Å². The van der Waals surface area contributed by atoms with Crippen LogP contribution in [0.25, 0.3) is 12.7 Å². The molecule has 0 radical (unpaired) electrons. The molecule has 62 valence electrons. The molecule has 0 unspecified atom stereocenters. The second kappa shape index (κ2) is 3.30. The maximum absolute atomic E-state index is 4.22. The van der Waals surface area contributed by atoms with Gasteiger partial charge in [0, 0.05) is 10.9 Å². The summed E-state index contributed by atoms with van der Waals surface area (Å²) in [6.07, 6.45) is 3.59. The summed E-state index contributed by atoms with van der Waals surface area (Å²) in [6.45, 7) is 11.3. The summed E-state index contributed by atoms with van der Waals surface area (Å²) in [5.41, 5.74) is 0.951. The average Bonchev–Trinajstić information content (AvgIpc) is 1.96. The number of aromatic nitrogens is 2. The first-order valence-electron chi connectivity index (χ1n) is 3.78. The first-order chi connectivity index (χ1) is 5.65. The Morgan fingerprint density at radius 1 is 1.25 bits per heavy atom. The largest absolute Gasteiger partial charge is 0.238 e. The molecule has 1 aromatic heterocycles. The molecule has 0 saturated heterocycles. The molecular formula is C10H12N2. The highest BCUT2D eigenvalue weighted by molar-refractivity contribution is 5.36. The molecule has 0 amide bonds. The molecule has 1 aromatic rings. The first kappa shape index (κ1) is 8.65. The minimum Gasteiger partial charge on any atom is -0.238 e. The quantitative estimate of drug-likeness (QED) is 0.597. The Bertz CT molecular complexity index is 405. The number of hydrogen-bond donors (Lipinski definition) is 0. The average molecular weight is 160 g/mol. The Morgan fingerprint density at radius 3 is 2.42 bits per heavy atom. The molecule has 0 aromatic carbocycles. The van der Waals surface area contributed by atoms with Gasteiger partial charge in [0.25, 0.3) is 0 Å². The van der Waals surface area contributed by atoms with Gasteiger partial charge in [0.1, 0.15) is 5.82 Å². The van der Waals surface area contributed by atoms with Crippen LogP contribution in [0.2, 0.25) is 0 Å². The van der Waals surface area contributed by atoms with Crippen molar-refractivity contribution in [2.24, 2.45) is 0 Å². The first-order valence-corrected chi connectivity index (χ1v) is 3.78. The van der Waals surface area contributed by atoms with Crippen molar-refractivity contribution in [3.05, 3.63) is 34.7 Å². The number of nitrogens with zero attached hydrogens (tertiary/aromatic N) is 2. The summed E-state index contributed by atoms with van der Waals surface area (Å²) in [6, 6.07) is 0. The van der Waals surface area contributed by atoms with Crippen LogP contribution in [0.3, 0.4) is 0 Å². The van der Waals surface area contributed by atoms with Gasteiger partial charge in [-0.3, -0.25) is 0 Å². The Balaban J connectivity index is 3.60. The predicted molar refractivity (Wildman–Crippen MR) is 50.9 cm³/mol. The molecule has 0 aliphatic heterocycles. The van der Waals surface area contributed by atoms with Crippen LogP contribution in [-0.2, 0) is 0 Å². The van der Waals surface area contributed by atoms with E-state index >= 15 is 0 Å². The molecule has 2 heteroatoms. The van der Waals surface area contributed by atoms with Crippen molar-refractivity contribution in [2.75, 3.05) is 0 Å². The summed E-state index contributed by atoms with van der Waals surface area (Å²) in [4.78, 5) is 8.37. The zero-order valence-corrected chi connectivity index (χ0v) is 7.46. The van der Waals surface area contributed by atoms with Crippen molar-refractivity contribution in [2.45, 2.75) is 13.8 Å². The van der Waals surface area contributed by atoms with Crippen molar-refractivity contribution in [1.82, 2.24) is 9.97 Å². The van der Waals surface area contributed by atoms with Crippen molar-refractivity contribution in [1.29, 1.82) is 0 Å². The van der Waals surface area contributed by atoms with Gasteiger partial charge in [-0.1, -0.05) is 25.3 Å². The van der Waals surface area contributed by atoms with Crippen LogP contribution in [0.15, 0.2) is 12.7 Å². The van der Waals surface area contributed by atoms with Crippen LogP contribution in [0.4, 0.5) is 0 Å². The van der Waals surface area contributed by atoms with E-state index in [9.17, 15) is 0 Å². The van der Waals surface area contributed by atoms with Gasteiger partial charge < -0.3 is 0 Å².